The lowest BCUT2D eigenvalue weighted by atomic mass is 9.83. The molecule has 1 aliphatic carbocycles. The molecular formula is C11H23NO. The van der Waals surface area contributed by atoms with Gasteiger partial charge in [-0.15, -0.1) is 0 Å². The smallest absolute Gasteiger partial charge is 0.0431 e. The number of unbranched alkanes of at least 4 members (excludes halogenated alkanes) is 2. The molecule has 0 spiro atoms. The molecular weight excluding hydrogens is 162 g/mol. The van der Waals surface area contributed by atoms with E-state index in [1.807, 2.05) is 0 Å². The van der Waals surface area contributed by atoms with Crippen molar-refractivity contribution >= 4 is 0 Å². The van der Waals surface area contributed by atoms with Gasteiger partial charge in [0.2, 0.25) is 0 Å². The van der Waals surface area contributed by atoms with Crippen molar-refractivity contribution in [3.05, 3.63) is 0 Å². The van der Waals surface area contributed by atoms with E-state index in [1.165, 1.54) is 38.6 Å². The molecule has 0 aromatic rings. The number of nitrogens with one attached hydrogen (secondary N) is 1. The molecule has 2 N–H and O–H groups in total. The zero-order valence-corrected chi connectivity index (χ0v) is 8.60. The van der Waals surface area contributed by atoms with Gasteiger partial charge in [-0.2, -0.15) is 0 Å². The summed E-state index contributed by atoms with van der Waals surface area (Å²) < 4.78 is 0. The van der Waals surface area contributed by atoms with E-state index in [0.717, 1.165) is 25.3 Å². The maximum Gasteiger partial charge on any atom is 0.0431 e. The minimum absolute atomic E-state index is 0.349. The van der Waals surface area contributed by atoms with E-state index in [9.17, 15) is 0 Å². The summed E-state index contributed by atoms with van der Waals surface area (Å²) in [5.74, 6) is 1.03. The van der Waals surface area contributed by atoms with E-state index < -0.39 is 0 Å². The van der Waals surface area contributed by atoms with E-state index in [0.29, 0.717) is 6.61 Å². The van der Waals surface area contributed by atoms with Gasteiger partial charge >= 0.3 is 0 Å². The van der Waals surface area contributed by atoms with Gasteiger partial charge in [-0.3, -0.25) is 0 Å². The highest BCUT2D eigenvalue weighted by Crippen LogP contribution is 2.28. The van der Waals surface area contributed by atoms with Gasteiger partial charge in [-0.25, -0.2) is 0 Å². The molecule has 1 saturated carbocycles. The van der Waals surface area contributed by atoms with Gasteiger partial charge in [0.15, 0.2) is 0 Å². The van der Waals surface area contributed by atoms with Gasteiger partial charge in [0.1, 0.15) is 0 Å². The van der Waals surface area contributed by atoms with Gasteiger partial charge in [0.25, 0.3) is 0 Å². The Balaban J connectivity index is 1.68. The number of rotatable bonds is 8. The van der Waals surface area contributed by atoms with Crippen molar-refractivity contribution in [1.82, 2.24) is 5.32 Å². The summed E-state index contributed by atoms with van der Waals surface area (Å²) in [7, 11) is 0. The molecule has 0 aromatic carbocycles. The number of hydrogen-bond donors (Lipinski definition) is 2. The van der Waals surface area contributed by atoms with Gasteiger partial charge in [-0.1, -0.05) is 19.3 Å². The molecule has 1 fully saturated rings. The van der Waals surface area contributed by atoms with Crippen molar-refractivity contribution in [2.45, 2.75) is 44.9 Å². The molecule has 0 aliphatic heterocycles. The Morgan fingerprint density at radius 3 is 2.54 bits per heavy atom. The quantitative estimate of drug-likeness (QED) is 0.566. The fourth-order valence-corrected chi connectivity index (χ4v) is 1.75. The summed E-state index contributed by atoms with van der Waals surface area (Å²) in [4.78, 5) is 0. The molecule has 0 radical (unpaired) electrons. The second kappa shape index (κ2) is 7.34. The molecule has 13 heavy (non-hydrogen) atoms. The first-order valence-corrected chi connectivity index (χ1v) is 5.75. The Hall–Kier alpha value is -0.0800. The van der Waals surface area contributed by atoms with Crippen molar-refractivity contribution in [1.29, 1.82) is 0 Å². The third-order valence-electron chi connectivity index (χ3n) is 2.97. The lowest BCUT2D eigenvalue weighted by Crippen LogP contribution is -2.22. The zero-order valence-electron chi connectivity index (χ0n) is 8.60. The predicted molar refractivity (Wildman–Crippen MR) is 55.8 cm³/mol. The maximum absolute atomic E-state index is 8.56. The standard InChI is InChI=1S/C11H23NO/c13-10-3-1-2-8-12-9-7-11-5-4-6-11/h11-13H,1-10H2. The van der Waals surface area contributed by atoms with Gasteiger partial charge in [-0.05, 0) is 44.7 Å². The van der Waals surface area contributed by atoms with Crippen molar-refractivity contribution in [3.8, 4) is 0 Å². The third kappa shape index (κ3) is 5.27. The van der Waals surface area contributed by atoms with Crippen molar-refractivity contribution in [2.75, 3.05) is 19.7 Å². The minimum atomic E-state index is 0.349. The van der Waals surface area contributed by atoms with E-state index in [1.54, 1.807) is 0 Å². The van der Waals surface area contributed by atoms with E-state index in [-0.39, 0.29) is 0 Å². The van der Waals surface area contributed by atoms with E-state index in [4.69, 9.17) is 5.11 Å². The lowest BCUT2D eigenvalue weighted by Gasteiger charge is -2.25. The van der Waals surface area contributed by atoms with Gasteiger partial charge in [0.05, 0.1) is 0 Å². The highest BCUT2D eigenvalue weighted by Gasteiger charge is 2.15. The Labute approximate surface area is 81.7 Å². The summed E-state index contributed by atoms with van der Waals surface area (Å²) in [6.45, 7) is 2.68. The maximum atomic E-state index is 8.56. The largest absolute Gasteiger partial charge is 0.396 e. The monoisotopic (exact) mass is 185 g/mol. The van der Waals surface area contributed by atoms with Crippen LogP contribution in [0.25, 0.3) is 0 Å². The SMILES string of the molecule is OCCCCCNCCC1CCC1. The second-order valence-corrected chi connectivity index (χ2v) is 4.12. The van der Waals surface area contributed by atoms with E-state index in [2.05, 4.69) is 5.32 Å². The fourth-order valence-electron chi connectivity index (χ4n) is 1.75. The van der Waals surface area contributed by atoms with Crippen LogP contribution in [0.5, 0.6) is 0 Å². The Kier molecular flexibility index (Phi) is 6.21. The Bertz CT molecular complexity index is 113. The summed E-state index contributed by atoms with van der Waals surface area (Å²) >= 11 is 0. The first-order chi connectivity index (χ1) is 6.43. The van der Waals surface area contributed by atoms with Crippen LogP contribution >= 0.6 is 0 Å². The number of aliphatic hydroxyl groups excluding tert-OH is 1. The normalized spacial score (nSPS) is 17.3. The molecule has 78 valence electrons. The van der Waals surface area contributed by atoms with Crippen LogP contribution < -0.4 is 5.32 Å². The molecule has 0 amide bonds. The molecule has 1 rings (SSSR count). The first-order valence-electron chi connectivity index (χ1n) is 5.75. The van der Waals surface area contributed by atoms with Crippen LogP contribution in [0.4, 0.5) is 0 Å². The number of hydrogen-bond acceptors (Lipinski definition) is 2. The van der Waals surface area contributed by atoms with Crippen molar-refractivity contribution < 1.29 is 5.11 Å². The third-order valence-corrected chi connectivity index (χ3v) is 2.97. The molecule has 0 heterocycles. The molecule has 2 heteroatoms. The highest BCUT2D eigenvalue weighted by atomic mass is 16.2. The fraction of sp³-hybridized carbons (Fsp3) is 1.00. The van der Waals surface area contributed by atoms with Crippen LogP contribution in [0, 0.1) is 5.92 Å². The minimum Gasteiger partial charge on any atom is -0.396 e. The summed E-state index contributed by atoms with van der Waals surface area (Å²) in [5, 5.41) is 12.0. The summed E-state index contributed by atoms with van der Waals surface area (Å²) in [5.41, 5.74) is 0. The molecule has 1 aliphatic rings. The van der Waals surface area contributed by atoms with Gasteiger partial charge in [0, 0.05) is 6.61 Å². The second-order valence-electron chi connectivity index (χ2n) is 4.12. The first kappa shape index (κ1) is 11.0. The van der Waals surface area contributed by atoms with Crippen LogP contribution in [0.3, 0.4) is 0 Å². The summed E-state index contributed by atoms with van der Waals surface area (Å²) in [6.07, 6.45) is 9.10. The molecule has 0 aromatic heterocycles. The van der Waals surface area contributed by atoms with Crippen LogP contribution in [0.1, 0.15) is 44.9 Å². The van der Waals surface area contributed by atoms with Crippen LogP contribution in [0.15, 0.2) is 0 Å². The van der Waals surface area contributed by atoms with Crippen LogP contribution in [0.2, 0.25) is 0 Å². The Morgan fingerprint density at radius 2 is 1.92 bits per heavy atom. The van der Waals surface area contributed by atoms with Crippen molar-refractivity contribution in [2.24, 2.45) is 5.92 Å². The van der Waals surface area contributed by atoms with Crippen molar-refractivity contribution in [3.63, 3.8) is 0 Å². The molecule has 0 atom stereocenters. The average Bonchev–Trinajstić information content (AvgIpc) is 2.07. The topological polar surface area (TPSA) is 32.3 Å². The Morgan fingerprint density at radius 1 is 1.08 bits per heavy atom. The molecule has 0 unspecified atom stereocenters. The molecule has 0 saturated heterocycles. The summed E-state index contributed by atoms with van der Waals surface area (Å²) in [6, 6.07) is 0. The van der Waals surface area contributed by atoms with Gasteiger partial charge < -0.3 is 10.4 Å². The average molecular weight is 185 g/mol. The van der Waals surface area contributed by atoms with Crippen LogP contribution in [-0.4, -0.2) is 24.8 Å². The van der Waals surface area contributed by atoms with E-state index >= 15 is 0 Å². The van der Waals surface area contributed by atoms with Crippen LogP contribution in [-0.2, 0) is 0 Å². The zero-order chi connectivity index (χ0) is 9.36. The highest BCUT2D eigenvalue weighted by molar-refractivity contribution is 4.70. The molecule has 2 nitrogen and oxygen atoms in total. The predicted octanol–water partition coefficient (Wildman–Crippen LogP) is 1.93. The number of aliphatic hydroxyl groups is 1. The molecule has 0 bridgehead atoms. The lowest BCUT2D eigenvalue weighted by molar-refractivity contribution is 0.280.